The monoisotopic (exact) mass is 140 g/mol. The Labute approximate surface area is 61.0 Å². The van der Waals surface area contributed by atoms with Crippen LogP contribution in [-0.4, -0.2) is 11.9 Å². The maximum atomic E-state index is 10.7. The van der Waals surface area contributed by atoms with E-state index in [1.54, 1.807) is 6.92 Å². The van der Waals surface area contributed by atoms with Gasteiger partial charge >= 0.3 is 0 Å². The molecule has 56 valence electrons. The highest BCUT2D eigenvalue weighted by atomic mass is 16.1. The SMILES string of the molecule is CCC(=O)NC(C)CC#N. The third-order valence-electron chi connectivity index (χ3n) is 1.13. The van der Waals surface area contributed by atoms with Gasteiger partial charge in [-0.3, -0.25) is 4.79 Å². The predicted octanol–water partition coefficient (Wildman–Crippen LogP) is 0.815. The molecule has 0 aliphatic heterocycles. The van der Waals surface area contributed by atoms with Gasteiger partial charge in [0.2, 0.25) is 5.91 Å². The largest absolute Gasteiger partial charge is 0.353 e. The Hall–Kier alpha value is -1.04. The number of nitriles is 1. The van der Waals surface area contributed by atoms with Crippen molar-refractivity contribution in [2.45, 2.75) is 32.7 Å². The molecule has 1 unspecified atom stereocenters. The zero-order valence-corrected chi connectivity index (χ0v) is 6.35. The van der Waals surface area contributed by atoms with Gasteiger partial charge in [0.25, 0.3) is 0 Å². The van der Waals surface area contributed by atoms with Gasteiger partial charge in [0.1, 0.15) is 0 Å². The summed E-state index contributed by atoms with van der Waals surface area (Å²) >= 11 is 0. The Morgan fingerprint density at radius 1 is 1.80 bits per heavy atom. The molecule has 1 amide bonds. The first-order chi connectivity index (χ1) is 4.70. The number of hydrogen-bond donors (Lipinski definition) is 1. The van der Waals surface area contributed by atoms with Crippen molar-refractivity contribution >= 4 is 5.91 Å². The van der Waals surface area contributed by atoms with Gasteiger partial charge in [0, 0.05) is 12.5 Å². The Morgan fingerprint density at radius 3 is 2.80 bits per heavy atom. The zero-order valence-electron chi connectivity index (χ0n) is 6.35. The summed E-state index contributed by atoms with van der Waals surface area (Å²) in [6, 6.07) is 1.97. The van der Waals surface area contributed by atoms with Crippen molar-refractivity contribution in [1.82, 2.24) is 5.32 Å². The molecule has 0 radical (unpaired) electrons. The smallest absolute Gasteiger partial charge is 0.219 e. The molecule has 3 heteroatoms. The van der Waals surface area contributed by atoms with E-state index < -0.39 is 0 Å². The minimum Gasteiger partial charge on any atom is -0.353 e. The van der Waals surface area contributed by atoms with Gasteiger partial charge in [0.05, 0.1) is 12.5 Å². The quantitative estimate of drug-likeness (QED) is 0.630. The molecule has 0 aromatic carbocycles. The fourth-order valence-corrected chi connectivity index (χ4v) is 0.565. The minimum absolute atomic E-state index is 0.00255. The highest BCUT2D eigenvalue weighted by molar-refractivity contribution is 5.75. The number of carbonyl (C=O) groups excluding carboxylic acids is 1. The van der Waals surface area contributed by atoms with Crippen LogP contribution in [0.5, 0.6) is 0 Å². The lowest BCUT2D eigenvalue weighted by Gasteiger charge is -2.07. The van der Waals surface area contributed by atoms with Gasteiger partial charge in [-0.05, 0) is 6.92 Å². The molecule has 0 aromatic rings. The van der Waals surface area contributed by atoms with Gasteiger partial charge < -0.3 is 5.32 Å². The first-order valence-electron chi connectivity index (χ1n) is 3.37. The van der Waals surface area contributed by atoms with Crippen LogP contribution in [0.25, 0.3) is 0 Å². The second kappa shape index (κ2) is 4.80. The molecule has 0 saturated heterocycles. The van der Waals surface area contributed by atoms with Crippen LogP contribution in [0.1, 0.15) is 26.7 Å². The molecule has 0 spiro atoms. The molecule has 10 heavy (non-hydrogen) atoms. The molecule has 1 N–H and O–H groups in total. The minimum atomic E-state index is -0.0163. The molecule has 0 aromatic heterocycles. The summed E-state index contributed by atoms with van der Waals surface area (Å²) in [5, 5.41) is 10.9. The first kappa shape index (κ1) is 8.96. The van der Waals surface area contributed by atoms with E-state index in [4.69, 9.17) is 5.26 Å². The molecule has 0 fully saturated rings. The number of nitrogens with one attached hydrogen (secondary N) is 1. The van der Waals surface area contributed by atoms with Crippen LogP contribution in [0.3, 0.4) is 0 Å². The normalized spacial score (nSPS) is 11.7. The standard InChI is InChI=1S/C7H12N2O/c1-3-7(10)9-6(2)4-5-8/h6H,3-4H2,1-2H3,(H,9,10). The third kappa shape index (κ3) is 3.90. The van der Waals surface area contributed by atoms with Crippen molar-refractivity contribution in [2.24, 2.45) is 0 Å². The summed E-state index contributed by atoms with van der Waals surface area (Å²) in [6.45, 7) is 3.60. The Kier molecular flexibility index (Phi) is 4.30. The predicted molar refractivity (Wildman–Crippen MR) is 38.1 cm³/mol. The van der Waals surface area contributed by atoms with Crippen molar-refractivity contribution < 1.29 is 4.79 Å². The molecule has 0 aliphatic carbocycles. The molecule has 0 rings (SSSR count). The Bertz CT molecular complexity index is 148. The fourth-order valence-electron chi connectivity index (χ4n) is 0.565. The van der Waals surface area contributed by atoms with Crippen LogP contribution in [0.2, 0.25) is 0 Å². The Morgan fingerprint density at radius 2 is 2.40 bits per heavy atom. The second-order valence-electron chi connectivity index (χ2n) is 2.18. The van der Waals surface area contributed by atoms with Crippen molar-refractivity contribution in [3.8, 4) is 6.07 Å². The van der Waals surface area contributed by atoms with Crippen LogP contribution < -0.4 is 5.32 Å². The van der Waals surface area contributed by atoms with E-state index in [-0.39, 0.29) is 11.9 Å². The summed E-state index contributed by atoms with van der Waals surface area (Å²) in [5.41, 5.74) is 0. The van der Waals surface area contributed by atoms with E-state index in [0.29, 0.717) is 12.8 Å². The molecule has 0 aliphatic rings. The lowest BCUT2D eigenvalue weighted by atomic mass is 10.2. The Balaban J connectivity index is 3.49. The maximum absolute atomic E-state index is 10.7. The van der Waals surface area contributed by atoms with Gasteiger partial charge in [-0.15, -0.1) is 0 Å². The van der Waals surface area contributed by atoms with E-state index in [2.05, 4.69) is 5.32 Å². The molecular formula is C7H12N2O. The van der Waals surface area contributed by atoms with E-state index in [0.717, 1.165) is 0 Å². The van der Waals surface area contributed by atoms with Gasteiger partial charge in [-0.25, -0.2) is 0 Å². The van der Waals surface area contributed by atoms with Crippen LogP contribution >= 0.6 is 0 Å². The van der Waals surface area contributed by atoms with Gasteiger partial charge in [-0.1, -0.05) is 6.92 Å². The van der Waals surface area contributed by atoms with Crippen LogP contribution in [0.15, 0.2) is 0 Å². The fraction of sp³-hybridized carbons (Fsp3) is 0.714. The van der Waals surface area contributed by atoms with E-state index in [1.807, 2.05) is 13.0 Å². The number of hydrogen-bond acceptors (Lipinski definition) is 2. The van der Waals surface area contributed by atoms with Crippen molar-refractivity contribution in [1.29, 1.82) is 5.26 Å². The zero-order chi connectivity index (χ0) is 7.98. The van der Waals surface area contributed by atoms with Crippen molar-refractivity contribution in [3.05, 3.63) is 0 Å². The number of rotatable bonds is 3. The summed E-state index contributed by atoms with van der Waals surface area (Å²) in [4.78, 5) is 10.7. The first-order valence-corrected chi connectivity index (χ1v) is 3.37. The summed E-state index contributed by atoms with van der Waals surface area (Å²) < 4.78 is 0. The lowest BCUT2D eigenvalue weighted by Crippen LogP contribution is -2.31. The highest BCUT2D eigenvalue weighted by Crippen LogP contribution is 1.88. The average Bonchev–Trinajstić information content (AvgIpc) is 1.88. The highest BCUT2D eigenvalue weighted by Gasteiger charge is 2.02. The maximum Gasteiger partial charge on any atom is 0.219 e. The molecule has 0 saturated carbocycles. The number of nitrogens with zero attached hydrogens (tertiary/aromatic N) is 1. The van der Waals surface area contributed by atoms with Crippen LogP contribution in [0, 0.1) is 11.3 Å². The van der Waals surface area contributed by atoms with E-state index in [9.17, 15) is 4.79 Å². The second-order valence-corrected chi connectivity index (χ2v) is 2.18. The van der Waals surface area contributed by atoms with E-state index in [1.165, 1.54) is 0 Å². The third-order valence-corrected chi connectivity index (χ3v) is 1.13. The summed E-state index contributed by atoms with van der Waals surface area (Å²) in [6.07, 6.45) is 0.863. The molecular weight excluding hydrogens is 128 g/mol. The molecule has 1 atom stereocenters. The van der Waals surface area contributed by atoms with Crippen LogP contribution in [0.4, 0.5) is 0 Å². The summed E-state index contributed by atoms with van der Waals surface area (Å²) in [5.74, 6) is 0.00255. The number of amides is 1. The lowest BCUT2D eigenvalue weighted by molar-refractivity contribution is -0.121. The van der Waals surface area contributed by atoms with Gasteiger partial charge in [-0.2, -0.15) is 5.26 Å². The van der Waals surface area contributed by atoms with Gasteiger partial charge in [0.15, 0.2) is 0 Å². The molecule has 0 heterocycles. The van der Waals surface area contributed by atoms with Crippen molar-refractivity contribution in [3.63, 3.8) is 0 Å². The molecule has 3 nitrogen and oxygen atoms in total. The topological polar surface area (TPSA) is 52.9 Å². The van der Waals surface area contributed by atoms with E-state index >= 15 is 0 Å². The van der Waals surface area contributed by atoms with Crippen LogP contribution in [-0.2, 0) is 4.79 Å². The molecule has 0 bridgehead atoms. The average molecular weight is 140 g/mol. The summed E-state index contributed by atoms with van der Waals surface area (Å²) in [7, 11) is 0. The number of carbonyl (C=O) groups is 1. The van der Waals surface area contributed by atoms with Crippen molar-refractivity contribution in [2.75, 3.05) is 0 Å².